The van der Waals surface area contributed by atoms with Crippen LogP contribution in [0.2, 0.25) is 0 Å². The number of aliphatic hydroxyl groups is 1. The number of rotatable bonds is 6. The van der Waals surface area contributed by atoms with Gasteiger partial charge in [-0.25, -0.2) is 0 Å². The molecule has 1 N–H and O–H groups in total. The largest absolute Gasteiger partial charge is 0.393 e. The maximum atomic E-state index is 9.75. The highest BCUT2D eigenvalue weighted by molar-refractivity contribution is 4.94. The van der Waals surface area contributed by atoms with Crippen molar-refractivity contribution in [1.82, 2.24) is 10.1 Å². The minimum atomic E-state index is -0.384. The Morgan fingerprint density at radius 3 is 2.56 bits per heavy atom. The molecule has 0 aromatic carbocycles. The fourth-order valence-corrected chi connectivity index (χ4v) is 1.56. The predicted octanol–water partition coefficient (Wildman–Crippen LogP) is 2.53. The summed E-state index contributed by atoms with van der Waals surface area (Å²) in [7, 11) is 0. The molecule has 0 amide bonds. The van der Waals surface area contributed by atoms with Gasteiger partial charge in [0.1, 0.15) is 0 Å². The van der Waals surface area contributed by atoms with Crippen molar-refractivity contribution in [2.45, 2.75) is 59.0 Å². The zero-order chi connectivity index (χ0) is 12.1. The highest BCUT2D eigenvalue weighted by Crippen LogP contribution is 2.16. The second-order valence-electron chi connectivity index (χ2n) is 4.84. The lowest BCUT2D eigenvalue weighted by Gasteiger charge is -2.09. The topological polar surface area (TPSA) is 59.2 Å². The van der Waals surface area contributed by atoms with Crippen molar-refractivity contribution in [3.63, 3.8) is 0 Å². The number of hydrogen-bond donors (Lipinski definition) is 1. The molecule has 1 aromatic heterocycles. The quantitative estimate of drug-likeness (QED) is 0.809. The van der Waals surface area contributed by atoms with Crippen LogP contribution in [0.5, 0.6) is 0 Å². The van der Waals surface area contributed by atoms with Gasteiger partial charge in [-0.05, 0) is 18.8 Å². The van der Waals surface area contributed by atoms with E-state index < -0.39 is 0 Å². The molecule has 1 rings (SSSR count). The van der Waals surface area contributed by atoms with Gasteiger partial charge in [-0.1, -0.05) is 32.9 Å². The highest BCUT2D eigenvalue weighted by Gasteiger charge is 2.15. The maximum absolute atomic E-state index is 9.75. The van der Waals surface area contributed by atoms with Crippen molar-refractivity contribution in [2.75, 3.05) is 0 Å². The van der Waals surface area contributed by atoms with Crippen LogP contribution >= 0.6 is 0 Å². The third-order valence-electron chi connectivity index (χ3n) is 2.69. The molecule has 2 atom stereocenters. The molecule has 16 heavy (non-hydrogen) atoms. The molecule has 92 valence electrons. The number of aromatic nitrogens is 2. The van der Waals surface area contributed by atoms with Crippen LogP contribution in [0.3, 0.4) is 0 Å². The Hall–Kier alpha value is -0.900. The molecule has 0 saturated heterocycles. The van der Waals surface area contributed by atoms with Gasteiger partial charge in [-0.15, -0.1) is 0 Å². The summed E-state index contributed by atoms with van der Waals surface area (Å²) in [6.45, 7) is 8.33. The van der Waals surface area contributed by atoms with Crippen LogP contribution in [0.1, 0.15) is 58.2 Å². The van der Waals surface area contributed by atoms with Crippen molar-refractivity contribution in [1.29, 1.82) is 0 Å². The van der Waals surface area contributed by atoms with Crippen LogP contribution < -0.4 is 0 Å². The molecule has 0 aliphatic rings. The summed E-state index contributed by atoms with van der Waals surface area (Å²) in [5.41, 5.74) is 0. The Bertz CT molecular complexity index is 310. The van der Waals surface area contributed by atoms with E-state index >= 15 is 0 Å². The van der Waals surface area contributed by atoms with Crippen LogP contribution in [0.4, 0.5) is 0 Å². The molecule has 0 aliphatic heterocycles. The van der Waals surface area contributed by atoms with E-state index in [1.54, 1.807) is 0 Å². The molecule has 1 heterocycles. The summed E-state index contributed by atoms with van der Waals surface area (Å²) in [5, 5.41) is 13.7. The Labute approximate surface area is 97.1 Å². The summed E-state index contributed by atoms with van der Waals surface area (Å²) in [4.78, 5) is 4.29. The molecule has 0 radical (unpaired) electrons. The van der Waals surface area contributed by atoms with E-state index in [9.17, 15) is 5.11 Å². The van der Waals surface area contributed by atoms with E-state index in [-0.39, 0.29) is 6.10 Å². The van der Waals surface area contributed by atoms with Crippen molar-refractivity contribution in [3.05, 3.63) is 11.7 Å². The minimum absolute atomic E-state index is 0.319. The van der Waals surface area contributed by atoms with Crippen LogP contribution in [0.15, 0.2) is 4.52 Å². The summed E-state index contributed by atoms with van der Waals surface area (Å²) in [6, 6.07) is 0. The van der Waals surface area contributed by atoms with Gasteiger partial charge in [0, 0.05) is 5.92 Å². The number of aliphatic hydroxyl groups excluding tert-OH is 1. The summed E-state index contributed by atoms with van der Waals surface area (Å²) < 4.78 is 5.12. The van der Waals surface area contributed by atoms with Gasteiger partial charge in [0.25, 0.3) is 0 Å². The van der Waals surface area contributed by atoms with Gasteiger partial charge in [0.05, 0.1) is 12.5 Å². The van der Waals surface area contributed by atoms with Gasteiger partial charge in [-0.3, -0.25) is 0 Å². The first-order valence-corrected chi connectivity index (χ1v) is 6.03. The predicted molar refractivity (Wildman–Crippen MR) is 62.2 cm³/mol. The van der Waals surface area contributed by atoms with E-state index in [2.05, 4.69) is 37.8 Å². The fourth-order valence-electron chi connectivity index (χ4n) is 1.56. The SMILES string of the molecule is CCC(C)c1noc(CC(O)CC(C)C)n1. The van der Waals surface area contributed by atoms with E-state index in [1.165, 1.54) is 0 Å². The molecular formula is C12H22N2O2. The van der Waals surface area contributed by atoms with E-state index in [0.717, 1.165) is 18.7 Å². The molecular weight excluding hydrogens is 204 g/mol. The normalized spacial score (nSPS) is 15.4. The number of hydrogen-bond acceptors (Lipinski definition) is 4. The van der Waals surface area contributed by atoms with Gasteiger partial charge in [0.2, 0.25) is 5.89 Å². The molecule has 0 aliphatic carbocycles. The van der Waals surface area contributed by atoms with Crippen LogP contribution in [-0.2, 0) is 6.42 Å². The standard InChI is InChI=1S/C12H22N2O2/c1-5-9(4)12-13-11(16-14-12)7-10(15)6-8(2)3/h8-10,15H,5-7H2,1-4H3. The lowest BCUT2D eigenvalue weighted by atomic mass is 10.0. The van der Waals surface area contributed by atoms with Crippen molar-refractivity contribution in [3.8, 4) is 0 Å². The van der Waals surface area contributed by atoms with Crippen LogP contribution in [0.25, 0.3) is 0 Å². The molecule has 1 aromatic rings. The summed E-state index contributed by atoms with van der Waals surface area (Å²) in [5.74, 6) is 2.09. The highest BCUT2D eigenvalue weighted by atomic mass is 16.5. The average Bonchev–Trinajstić information content (AvgIpc) is 2.63. The van der Waals surface area contributed by atoms with Crippen molar-refractivity contribution >= 4 is 0 Å². The lowest BCUT2D eigenvalue weighted by molar-refractivity contribution is 0.138. The zero-order valence-electron chi connectivity index (χ0n) is 10.6. The van der Waals surface area contributed by atoms with E-state index in [0.29, 0.717) is 24.1 Å². The Kier molecular flexibility index (Phi) is 4.93. The summed E-state index contributed by atoms with van der Waals surface area (Å²) in [6.07, 6.45) is 1.83. The molecule has 2 unspecified atom stereocenters. The first-order valence-electron chi connectivity index (χ1n) is 6.03. The van der Waals surface area contributed by atoms with E-state index in [1.807, 2.05) is 0 Å². The molecule has 4 nitrogen and oxygen atoms in total. The Balaban J connectivity index is 2.51. The Morgan fingerprint density at radius 2 is 2.00 bits per heavy atom. The number of nitrogens with zero attached hydrogens (tertiary/aromatic N) is 2. The summed E-state index contributed by atoms with van der Waals surface area (Å²) >= 11 is 0. The molecule has 0 spiro atoms. The van der Waals surface area contributed by atoms with Crippen molar-refractivity contribution < 1.29 is 9.63 Å². The molecule has 0 fully saturated rings. The van der Waals surface area contributed by atoms with Crippen LogP contribution in [-0.4, -0.2) is 21.4 Å². The zero-order valence-corrected chi connectivity index (χ0v) is 10.6. The van der Waals surface area contributed by atoms with Crippen molar-refractivity contribution in [2.24, 2.45) is 5.92 Å². The van der Waals surface area contributed by atoms with Gasteiger partial charge >= 0.3 is 0 Å². The lowest BCUT2D eigenvalue weighted by Crippen LogP contribution is -2.13. The Morgan fingerprint density at radius 1 is 1.31 bits per heavy atom. The fraction of sp³-hybridized carbons (Fsp3) is 0.833. The van der Waals surface area contributed by atoms with Gasteiger partial charge in [0.15, 0.2) is 5.82 Å². The third-order valence-corrected chi connectivity index (χ3v) is 2.69. The molecule has 0 saturated carbocycles. The molecule has 4 heteroatoms. The molecule has 0 bridgehead atoms. The second-order valence-corrected chi connectivity index (χ2v) is 4.84. The maximum Gasteiger partial charge on any atom is 0.229 e. The van der Waals surface area contributed by atoms with Gasteiger partial charge < -0.3 is 9.63 Å². The minimum Gasteiger partial charge on any atom is -0.393 e. The first-order chi connectivity index (χ1) is 7.52. The first kappa shape index (κ1) is 13.2. The smallest absolute Gasteiger partial charge is 0.229 e. The monoisotopic (exact) mass is 226 g/mol. The van der Waals surface area contributed by atoms with E-state index in [4.69, 9.17) is 4.52 Å². The van der Waals surface area contributed by atoms with Crippen LogP contribution in [0, 0.1) is 5.92 Å². The second kappa shape index (κ2) is 5.99. The van der Waals surface area contributed by atoms with Gasteiger partial charge in [-0.2, -0.15) is 4.98 Å². The third kappa shape index (κ3) is 3.93. The average molecular weight is 226 g/mol.